The van der Waals surface area contributed by atoms with Crippen molar-refractivity contribution in [2.45, 2.75) is 11.8 Å². The maximum Gasteiger partial charge on any atom is 0.357 e. The molecule has 1 amide bonds. The van der Waals surface area contributed by atoms with Crippen LogP contribution in [0, 0.1) is 10.1 Å². The molecule has 1 N–H and O–H groups in total. The monoisotopic (exact) mass is 399 g/mol. The van der Waals surface area contributed by atoms with Crippen molar-refractivity contribution in [1.82, 2.24) is 4.98 Å². The zero-order chi connectivity index (χ0) is 19.5. The molecule has 2 rings (SSSR count). The van der Waals surface area contributed by atoms with Crippen molar-refractivity contribution in [2.75, 3.05) is 18.2 Å². The number of esters is 1. The molecule has 0 fully saturated rings. The van der Waals surface area contributed by atoms with Gasteiger partial charge in [-0.05, 0) is 13.0 Å². The van der Waals surface area contributed by atoms with E-state index >= 15 is 0 Å². The first-order chi connectivity index (χ1) is 12.1. The lowest BCUT2D eigenvalue weighted by molar-refractivity contribution is -0.385. The first-order valence-electron chi connectivity index (χ1n) is 7.05. The average molecular weight is 399 g/mol. The van der Waals surface area contributed by atoms with Crippen LogP contribution in [0.2, 0.25) is 0 Å². The number of aromatic nitrogens is 1. The van der Waals surface area contributed by atoms with Crippen molar-refractivity contribution in [2.24, 2.45) is 0 Å². The Morgan fingerprint density at radius 2 is 2.04 bits per heavy atom. The highest BCUT2D eigenvalue weighted by Gasteiger charge is 2.20. The van der Waals surface area contributed by atoms with Crippen LogP contribution in [0.15, 0.2) is 28.5 Å². The van der Waals surface area contributed by atoms with Crippen LogP contribution < -0.4 is 5.32 Å². The number of hydrogen-bond donors (Lipinski definition) is 1. The van der Waals surface area contributed by atoms with E-state index in [-0.39, 0.29) is 27.9 Å². The van der Waals surface area contributed by atoms with Crippen molar-refractivity contribution < 1.29 is 27.7 Å². The SMILES string of the molecule is CCOC(=O)c1csc(NC(=O)c2cc([N+](=O)[O-])cc(S(C)(=O)=O)c2)n1. The van der Waals surface area contributed by atoms with Gasteiger partial charge in [-0.15, -0.1) is 11.3 Å². The third kappa shape index (κ3) is 4.61. The first kappa shape index (κ1) is 19.5. The van der Waals surface area contributed by atoms with Crippen molar-refractivity contribution in [1.29, 1.82) is 0 Å². The Balaban J connectivity index is 2.31. The Kier molecular flexibility index (Phi) is 5.67. The van der Waals surface area contributed by atoms with Crippen molar-refractivity contribution >= 4 is 43.9 Å². The summed E-state index contributed by atoms with van der Waals surface area (Å²) in [4.78, 5) is 37.5. The molecule has 0 aliphatic carbocycles. The number of hydrogen-bond acceptors (Lipinski definition) is 9. The Morgan fingerprint density at radius 3 is 2.62 bits per heavy atom. The molecule has 12 heteroatoms. The number of nitro benzene ring substituents is 1. The summed E-state index contributed by atoms with van der Waals surface area (Å²) < 4.78 is 28.1. The summed E-state index contributed by atoms with van der Waals surface area (Å²) in [6.07, 6.45) is 0.875. The lowest BCUT2D eigenvalue weighted by Gasteiger charge is -2.05. The van der Waals surface area contributed by atoms with E-state index in [0.717, 1.165) is 35.8 Å². The van der Waals surface area contributed by atoms with Crippen molar-refractivity contribution in [3.05, 3.63) is 45.0 Å². The van der Waals surface area contributed by atoms with E-state index in [4.69, 9.17) is 4.74 Å². The standard InChI is InChI=1S/C14H13N3O7S2/c1-3-24-13(19)11-7-25-14(15-11)16-12(18)8-4-9(17(20)21)6-10(5-8)26(2,22)23/h4-7H,3H2,1-2H3,(H,15,16,18). The zero-order valence-corrected chi connectivity index (χ0v) is 15.2. The number of sulfone groups is 1. The Hall–Kier alpha value is -2.86. The van der Waals surface area contributed by atoms with Crippen LogP contribution in [0.1, 0.15) is 27.8 Å². The minimum absolute atomic E-state index is 0.00279. The van der Waals surface area contributed by atoms with Gasteiger partial charge in [-0.1, -0.05) is 0 Å². The van der Waals surface area contributed by atoms with Gasteiger partial charge in [0, 0.05) is 29.3 Å². The Morgan fingerprint density at radius 1 is 1.35 bits per heavy atom. The van der Waals surface area contributed by atoms with E-state index in [2.05, 4.69) is 10.3 Å². The molecule has 0 saturated heterocycles. The van der Waals surface area contributed by atoms with Gasteiger partial charge in [0.15, 0.2) is 20.7 Å². The number of anilines is 1. The number of thiazole rings is 1. The van der Waals surface area contributed by atoms with Crippen LogP contribution in [0.25, 0.3) is 0 Å². The fourth-order valence-corrected chi connectivity index (χ4v) is 3.18. The third-order valence-corrected chi connectivity index (χ3v) is 4.85. The summed E-state index contributed by atoms with van der Waals surface area (Å²) in [6, 6.07) is 2.84. The molecule has 0 unspecified atom stereocenters. The lowest BCUT2D eigenvalue weighted by atomic mass is 10.2. The Labute approximate surface area is 151 Å². The van der Waals surface area contributed by atoms with Gasteiger partial charge in [0.1, 0.15) is 0 Å². The summed E-state index contributed by atoms with van der Waals surface area (Å²) in [5, 5.41) is 14.8. The van der Waals surface area contributed by atoms with Crippen molar-refractivity contribution in [3.63, 3.8) is 0 Å². The molecule has 2 aromatic rings. The largest absolute Gasteiger partial charge is 0.461 e. The van der Waals surface area contributed by atoms with Gasteiger partial charge in [0.05, 0.1) is 16.4 Å². The predicted octanol–water partition coefficient (Wildman–Crippen LogP) is 1.88. The van der Waals surface area contributed by atoms with Crippen LogP contribution in [-0.2, 0) is 14.6 Å². The summed E-state index contributed by atoms with van der Waals surface area (Å²) in [5.41, 5.74) is -0.764. The third-order valence-electron chi connectivity index (χ3n) is 3.00. The number of ether oxygens (including phenoxy) is 1. The van der Waals surface area contributed by atoms with Crippen LogP contribution in [0.3, 0.4) is 0 Å². The molecule has 10 nitrogen and oxygen atoms in total. The zero-order valence-electron chi connectivity index (χ0n) is 13.6. The van der Waals surface area contributed by atoms with Gasteiger partial charge in [0.25, 0.3) is 11.6 Å². The van der Waals surface area contributed by atoms with E-state index in [1.54, 1.807) is 6.92 Å². The molecule has 1 aromatic carbocycles. The number of benzene rings is 1. The second-order valence-electron chi connectivity index (χ2n) is 4.96. The second-order valence-corrected chi connectivity index (χ2v) is 7.83. The van der Waals surface area contributed by atoms with E-state index < -0.39 is 32.3 Å². The maximum absolute atomic E-state index is 12.3. The molecular formula is C14H13N3O7S2. The lowest BCUT2D eigenvalue weighted by Crippen LogP contribution is -2.14. The second kappa shape index (κ2) is 7.58. The minimum atomic E-state index is -3.76. The van der Waals surface area contributed by atoms with Gasteiger partial charge >= 0.3 is 5.97 Å². The molecule has 0 aliphatic rings. The van der Waals surface area contributed by atoms with Gasteiger partial charge in [-0.25, -0.2) is 18.2 Å². The summed E-state index contributed by atoms with van der Waals surface area (Å²) in [5.74, 6) is -1.46. The smallest absolute Gasteiger partial charge is 0.357 e. The number of nitrogens with zero attached hydrogens (tertiary/aromatic N) is 2. The van der Waals surface area contributed by atoms with Crippen LogP contribution in [0.4, 0.5) is 10.8 Å². The molecule has 0 radical (unpaired) electrons. The van der Waals surface area contributed by atoms with Gasteiger partial charge in [0.2, 0.25) is 0 Å². The van der Waals surface area contributed by atoms with E-state index in [9.17, 15) is 28.1 Å². The maximum atomic E-state index is 12.3. The molecule has 0 atom stereocenters. The highest BCUT2D eigenvalue weighted by Crippen LogP contribution is 2.23. The fourth-order valence-electron chi connectivity index (χ4n) is 1.83. The molecule has 26 heavy (non-hydrogen) atoms. The number of amides is 1. The fraction of sp³-hybridized carbons (Fsp3) is 0.214. The van der Waals surface area contributed by atoms with Crippen LogP contribution in [-0.4, -0.2) is 43.1 Å². The molecule has 0 spiro atoms. The van der Waals surface area contributed by atoms with E-state index in [0.29, 0.717) is 0 Å². The molecule has 0 aliphatic heterocycles. The summed E-state index contributed by atoms with van der Waals surface area (Å²) in [7, 11) is -3.76. The Bertz CT molecular complexity index is 982. The number of nitrogens with one attached hydrogen (secondary N) is 1. The predicted molar refractivity (Wildman–Crippen MR) is 92.2 cm³/mol. The first-order valence-corrected chi connectivity index (χ1v) is 9.82. The summed E-state index contributed by atoms with van der Waals surface area (Å²) in [6.45, 7) is 1.80. The van der Waals surface area contributed by atoms with Crippen molar-refractivity contribution in [3.8, 4) is 0 Å². The van der Waals surface area contributed by atoms with Crippen LogP contribution >= 0.6 is 11.3 Å². The molecular weight excluding hydrogens is 386 g/mol. The number of nitro groups is 1. The highest BCUT2D eigenvalue weighted by atomic mass is 32.2. The van der Waals surface area contributed by atoms with E-state index in [1.807, 2.05) is 0 Å². The number of non-ortho nitro benzene ring substituents is 1. The molecule has 138 valence electrons. The number of carbonyl (C=O) groups is 2. The normalized spacial score (nSPS) is 11.0. The topological polar surface area (TPSA) is 146 Å². The van der Waals surface area contributed by atoms with Crippen LogP contribution in [0.5, 0.6) is 0 Å². The van der Waals surface area contributed by atoms with Gasteiger partial charge in [-0.2, -0.15) is 0 Å². The van der Waals surface area contributed by atoms with E-state index in [1.165, 1.54) is 5.38 Å². The number of rotatable bonds is 6. The average Bonchev–Trinajstić information content (AvgIpc) is 3.02. The molecule has 1 aromatic heterocycles. The molecule has 0 saturated carbocycles. The quantitative estimate of drug-likeness (QED) is 0.440. The molecule has 1 heterocycles. The molecule has 0 bridgehead atoms. The number of carbonyl (C=O) groups excluding carboxylic acids is 2. The van der Waals surface area contributed by atoms with Gasteiger partial charge < -0.3 is 4.74 Å². The van der Waals surface area contributed by atoms with Gasteiger partial charge in [-0.3, -0.25) is 20.2 Å². The minimum Gasteiger partial charge on any atom is -0.461 e. The highest BCUT2D eigenvalue weighted by molar-refractivity contribution is 7.90. The summed E-state index contributed by atoms with van der Waals surface area (Å²) >= 11 is 0.951.